The molecule has 13 heavy (non-hydrogen) atoms. The van der Waals surface area contributed by atoms with E-state index in [4.69, 9.17) is 5.73 Å². The van der Waals surface area contributed by atoms with Gasteiger partial charge in [0.15, 0.2) is 0 Å². The second-order valence-electron chi connectivity index (χ2n) is 2.62. The van der Waals surface area contributed by atoms with Crippen molar-refractivity contribution in [1.29, 1.82) is 0 Å². The first-order valence-electron chi connectivity index (χ1n) is 3.77. The van der Waals surface area contributed by atoms with Crippen molar-refractivity contribution >= 4 is 16.8 Å². The lowest BCUT2D eigenvalue weighted by Gasteiger charge is -1.99. The van der Waals surface area contributed by atoms with Gasteiger partial charge in [-0.05, 0) is 12.1 Å². The molecule has 0 fully saturated rings. The van der Waals surface area contributed by atoms with Crippen LogP contribution >= 0.6 is 0 Å². The number of carbonyl (C=O) groups excluding carboxylic acids is 1. The number of pyridine rings is 2. The Balaban J connectivity index is 2.83. The van der Waals surface area contributed by atoms with Crippen molar-refractivity contribution in [3.63, 3.8) is 0 Å². The maximum absolute atomic E-state index is 11.0. The highest BCUT2D eigenvalue weighted by molar-refractivity contribution is 6.04. The summed E-state index contributed by atoms with van der Waals surface area (Å²) in [6, 6.07) is 3.33. The fraction of sp³-hybridized carbons (Fsp3) is 0. The van der Waals surface area contributed by atoms with Crippen molar-refractivity contribution in [2.45, 2.75) is 0 Å². The normalized spacial score (nSPS) is 10.2. The minimum Gasteiger partial charge on any atom is -0.366 e. The number of aromatic nitrogens is 2. The quantitative estimate of drug-likeness (QED) is 0.691. The zero-order valence-corrected chi connectivity index (χ0v) is 6.77. The zero-order valence-electron chi connectivity index (χ0n) is 6.77. The molecule has 0 radical (unpaired) electrons. The van der Waals surface area contributed by atoms with E-state index >= 15 is 0 Å². The minimum absolute atomic E-state index is 0.457. The Morgan fingerprint density at radius 2 is 2.15 bits per heavy atom. The average Bonchev–Trinajstić information content (AvgIpc) is 2.17. The third-order valence-electron chi connectivity index (χ3n) is 1.81. The van der Waals surface area contributed by atoms with Gasteiger partial charge >= 0.3 is 0 Å². The van der Waals surface area contributed by atoms with Crippen LogP contribution in [0.1, 0.15) is 10.4 Å². The predicted molar refractivity (Wildman–Crippen MR) is 48.1 cm³/mol. The van der Waals surface area contributed by atoms with Crippen LogP contribution in [0.25, 0.3) is 10.9 Å². The maximum Gasteiger partial charge on any atom is 0.249 e. The summed E-state index contributed by atoms with van der Waals surface area (Å²) in [4.78, 5) is 19.0. The molecule has 0 aliphatic carbocycles. The van der Waals surface area contributed by atoms with E-state index in [9.17, 15) is 4.79 Å². The lowest BCUT2D eigenvalue weighted by atomic mass is 10.1. The molecule has 0 aromatic carbocycles. The van der Waals surface area contributed by atoms with Crippen molar-refractivity contribution in [2.24, 2.45) is 5.73 Å². The average molecular weight is 173 g/mol. The van der Waals surface area contributed by atoms with Crippen LogP contribution in [0.5, 0.6) is 0 Å². The van der Waals surface area contributed by atoms with Crippen LogP contribution in [0, 0.1) is 0 Å². The summed E-state index contributed by atoms with van der Waals surface area (Å²) in [5.74, 6) is -0.458. The molecule has 0 saturated carbocycles. The molecule has 0 atom stereocenters. The van der Waals surface area contributed by atoms with Gasteiger partial charge < -0.3 is 5.73 Å². The highest BCUT2D eigenvalue weighted by atomic mass is 16.1. The van der Waals surface area contributed by atoms with Gasteiger partial charge in [-0.15, -0.1) is 0 Å². The van der Waals surface area contributed by atoms with E-state index < -0.39 is 5.91 Å². The van der Waals surface area contributed by atoms with E-state index in [2.05, 4.69) is 9.97 Å². The van der Waals surface area contributed by atoms with Crippen molar-refractivity contribution in [2.75, 3.05) is 0 Å². The van der Waals surface area contributed by atoms with E-state index in [0.717, 1.165) is 5.52 Å². The van der Waals surface area contributed by atoms with E-state index in [1.165, 1.54) is 0 Å². The topological polar surface area (TPSA) is 68.9 Å². The highest BCUT2D eigenvalue weighted by Crippen LogP contribution is 2.13. The number of nitrogens with zero attached hydrogens (tertiary/aromatic N) is 2. The van der Waals surface area contributed by atoms with E-state index in [1.54, 1.807) is 30.7 Å². The van der Waals surface area contributed by atoms with Crippen molar-refractivity contribution in [1.82, 2.24) is 9.97 Å². The molecule has 2 rings (SSSR count). The van der Waals surface area contributed by atoms with Crippen LogP contribution < -0.4 is 5.73 Å². The number of fused-ring (bicyclic) bond motifs is 1. The maximum atomic E-state index is 11.0. The Morgan fingerprint density at radius 1 is 1.31 bits per heavy atom. The molecule has 4 nitrogen and oxygen atoms in total. The van der Waals surface area contributed by atoms with E-state index in [-0.39, 0.29) is 0 Å². The summed E-state index contributed by atoms with van der Waals surface area (Å²) in [6.07, 6.45) is 4.77. The van der Waals surface area contributed by atoms with Crippen LogP contribution in [0.4, 0.5) is 0 Å². The molecule has 0 aliphatic rings. The Morgan fingerprint density at radius 3 is 2.92 bits per heavy atom. The van der Waals surface area contributed by atoms with Gasteiger partial charge in [-0.2, -0.15) is 0 Å². The molecule has 2 N–H and O–H groups in total. The monoisotopic (exact) mass is 173 g/mol. The highest BCUT2D eigenvalue weighted by Gasteiger charge is 2.05. The van der Waals surface area contributed by atoms with Crippen molar-refractivity contribution < 1.29 is 4.79 Å². The van der Waals surface area contributed by atoms with Gasteiger partial charge in [0.1, 0.15) is 0 Å². The first kappa shape index (κ1) is 7.67. The number of amides is 1. The predicted octanol–water partition coefficient (Wildman–Crippen LogP) is 0.729. The molecule has 64 valence electrons. The Bertz CT molecular complexity index is 462. The summed E-state index contributed by atoms with van der Waals surface area (Å²) < 4.78 is 0. The fourth-order valence-corrected chi connectivity index (χ4v) is 1.20. The number of primary amides is 1. The van der Waals surface area contributed by atoms with Crippen LogP contribution in [0.2, 0.25) is 0 Å². The molecular weight excluding hydrogens is 166 g/mol. The molecular formula is C9H7N3O. The summed E-state index contributed by atoms with van der Waals surface area (Å²) in [5, 5.41) is 0.692. The Kier molecular flexibility index (Phi) is 1.66. The van der Waals surface area contributed by atoms with Crippen molar-refractivity contribution in [3.8, 4) is 0 Å². The largest absolute Gasteiger partial charge is 0.366 e. The number of nitrogens with two attached hydrogens (primary N) is 1. The van der Waals surface area contributed by atoms with Gasteiger partial charge in [0.05, 0.1) is 11.1 Å². The van der Waals surface area contributed by atoms with Crippen LogP contribution in [0.15, 0.2) is 30.7 Å². The first-order valence-corrected chi connectivity index (χ1v) is 3.77. The summed E-state index contributed by atoms with van der Waals surface area (Å²) >= 11 is 0. The van der Waals surface area contributed by atoms with Crippen LogP contribution in [0.3, 0.4) is 0 Å². The minimum atomic E-state index is -0.458. The summed E-state index contributed by atoms with van der Waals surface area (Å²) in [5.41, 5.74) is 6.37. The Hall–Kier alpha value is -1.97. The van der Waals surface area contributed by atoms with Gasteiger partial charge in [0.2, 0.25) is 5.91 Å². The van der Waals surface area contributed by atoms with Gasteiger partial charge in [0.25, 0.3) is 0 Å². The summed E-state index contributed by atoms with van der Waals surface area (Å²) in [6.45, 7) is 0. The second-order valence-corrected chi connectivity index (χ2v) is 2.62. The molecule has 2 heterocycles. The molecule has 0 saturated heterocycles. The van der Waals surface area contributed by atoms with Crippen molar-refractivity contribution in [3.05, 3.63) is 36.3 Å². The third kappa shape index (κ3) is 1.22. The number of carbonyl (C=O) groups is 1. The molecule has 2 aromatic heterocycles. The smallest absolute Gasteiger partial charge is 0.249 e. The third-order valence-corrected chi connectivity index (χ3v) is 1.81. The zero-order chi connectivity index (χ0) is 9.26. The first-order chi connectivity index (χ1) is 6.29. The SMILES string of the molecule is NC(=O)c1ccnc2ccncc12. The number of hydrogen-bond acceptors (Lipinski definition) is 3. The lowest BCUT2D eigenvalue weighted by Crippen LogP contribution is -2.11. The fourth-order valence-electron chi connectivity index (χ4n) is 1.20. The molecule has 4 heteroatoms. The van der Waals surface area contributed by atoms with E-state index in [0.29, 0.717) is 10.9 Å². The molecule has 0 spiro atoms. The van der Waals surface area contributed by atoms with Crippen LogP contribution in [-0.2, 0) is 0 Å². The number of hydrogen-bond donors (Lipinski definition) is 1. The molecule has 0 bridgehead atoms. The van der Waals surface area contributed by atoms with Gasteiger partial charge in [-0.1, -0.05) is 0 Å². The standard InChI is InChI=1S/C9H7N3O/c10-9(13)6-1-4-12-8-2-3-11-5-7(6)8/h1-5H,(H2,10,13). The molecule has 0 unspecified atom stereocenters. The Labute approximate surface area is 74.4 Å². The van der Waals surface area contributed by atoms with Gasteiger partial charge in [0, 0.05) is 24.0 Å². The molecule has 0 aliphatic heterocycles. The van der Waals surface area contributed by atoms with Crippen LogP contribution in [-0.4, -0.2) is 15.9 Å². The lowest BCUT2D eigenvalue weighted by molar-refractivity contribution is 0.100. The van der Waals surface area contributed by atoms with E-state index in [1.807, 2.05) is 0 Å². The number of rotatable bonds is 1. The second kappa shape index (κ2) is 2.82. The van der Waals surface area contributed by atoms with Gasteiger partial charge in [-0.25, -0.2) is 0 Å². The molecule has 2 aromatic rings. The molecule has 1 amide bonds. The van der Waals surface area contributed by atoms with Gasteiger partial charge in [-0.3, -0.25) is 14.8 Å². The summed E-state index contributed by atoms with van der Waals surface area (Å²) in [7, 11) is 0.